The van der Waals surface area contributed by atoms with Crippen molar-refractivity contribution in [3.8, 4) is 6.07 Å². The highest BCUT2D eigenvalue weighted by atomic mass is 14.9. The van der Waals surface area contributed by atoms with E-state index < -0.39 is 0 Å². The molecule has 0 fully saturated rings. The van der Waals surface area contributed by atoms with Gasteiger partial charge in [0.2, 0.25) is 0 Å². The van der Waals surface area contributed by atoms with Crippen LogP contribution in [-0.2, 0) is 0 Å². The molecule has 0 saturated heterocycles. The molecule has 0 aliphatic rings. The highest BCUT2D eigenvalue weighted by molar-refractivity contribution is 5.67. The van der Waals surface area contributed by atoms with Crippen molar-refractivity contribution in [2.24, 2.45) is 0 Å². The summed E-state index contributed by atoms with van der Waals surface area (Å²) in [6.45, 7) is 4.13. The fraction of sp³-hybridized carbons (Fsp3) is 0.133. The number of hydrogen-bond acceptors (Lipinski definition) is 2. The molecule has 17 heavy (non-hydrogen) atoms. The molecule has 0 heterocycles. The van der Waals surface area contributed by atoms with E-state index in [-0.39, 0.29) is 0 Å². The minimum absolute atomic E-state index is 0.659. The summed E-state index contributed by atoms with van der Waals surface area (Å²) in [4.78, 5) is 0. The van der Waals surface area contributed by atoms with Crippen LogP contribution in [0, 0.1) is 25.2 Å². The van der Waals surface area contributed by atoms with Crippen LogP contribution in [0.25, 0.3) is 0 Å². The third kappa shape index (κ3) is 2.64. The van der Waals surface area contributed by atoms with Crippen LogP contribution in [0.15, 0.2) is 42.5 Å². The van der Waals surface area contributed by atoms with Gasteiger partial charge in [0.05, 0.1) is 11.3 Å². The lowest BCUT2D eigenvalue weighted by molar-refractivity contribution is 1.37. The van der Waals surface area contributed by atoms with Gasteiger partial charge in [-0.1, -0.05) is 18.2 Å². The molecular weight excluding hydrogens is 208 g/mol. The summed E-state index contributed by atoms with van der Waals surface area (Å²) < 4.78 is 0. The van der Waals surface area contributed by atoms with Gasteiger partial charge < -0.3 is 5.32 Å². The van der Waals surface area contributed by atoms with E-state index in [0.29, 0.717) is 5.56 Å². The summed E-state index contributed by atoms with van der Waals surface area (Å²) in [6, 6.07) is 16.0. The predicted molar refractivity (Wildman–Crippen MR) is 70.4 cm³/mol. The van der Waals surface area contributed by atoms with Crippen LogP contribution in [0.1, 0.15) is 16.7 Å². The Morgan fingerprint density at radius 3 is 2.29 bits per heavy atom. The Kier molecular flexibility index (Phi) is 3.11. The Balaban J connectivity index is 2.35. The van der Waals surface area contributed by atoms with E-state index in [9.17, 15) is 0 Å². The highest BCUT2D eigenvalue weighted by Crippen LogP contribution is 2.22. The second-order valence-electron chi connectivity index (χ2n) is 4.16. The van der Waals surface area contributed by atoms with Gasteiger partial charge in [0, 0.05) is 5.69 Å². The van der Waals surface area contributed by atoms with Crippen molar-refractivity contribution >= 4 is 11.4 Å². The van der Waals surface area contributed by atoms with Gasteiger partial charge in [0.15, 0.2) is 0 Å². The molecule has 0 bridgehead atoms. The molecule has 2 heteroatoms. The van der Waals surface area contributed by atoms with E-state index >= 15 is 0 Å². The molecule has 84 valence electrons. The molecule has 2 aromatic rings. The normalized spacial score (nSPS) is 9.71. The molecule has 2 nitrogen and oxygen atoms in total. The van der Waals surface area contributed by atoms with Crippen molar-refractivity contribution in [3.05, 3.63) is 59.2 Å². The van der Waals surface area contributed by atoms with E-state index in [1.54, 1.807) is 0 Å². The zero-order valence-corrected chi connectivity index (χ0v) is 9.99. The first-order chi connectivity index (χ1) is 8.19. The molecule has 0 saturated carbocycles. The van der Waals surface area contributed by atoms with Crippen molar-refractivity contribution in [1.82, 2.24) is 0 Å². The van der Waals surface area contributed by atoms with Crippen molar-refractivity contribution in [1.29, 1.82) is 5.26 Å². The standard InChI is InChI=1S/C15H14N2/c1-11-7-12(2)9-14(8-11)17-15-6-4-3-5-13(15)10-16/h3-9,17H,1-2H3. The highest BCUT2D eigenvalue weighted by Gasteiger charge is 2.01. The molecule has 1 N–H and O–H groups in total. The number of hydrogen-bond donors (Lipinski definition) is 1. The number of rotatable bonds is 2. The second kappa shape index (κ2) is 4.71. The lowest BCUT2D eigenvalue weighted by Crippen LogP contribution is -1.94. The van der Waals surface area contributed by atoms with Crippen molar-refractivity contribution in [2.45, 2.75) is 13.8 Å². The monoisotopic (exact) mass is 222 g/mol. The molecule has 0 atom stereocenters. The van der Waals surface area contributed by atoms with E-state index in [0.717, 1.165) is 11.4 Å². The van der Waals surface area contributed by atoms with E-state index in [1.807, 2.05) is 24.3 Å². The van der Waals surface area contributed by atoms with Crippen LogP contribution < -0.4 is 5.32 Å². The van der Waals surface area contributed by atoms with Crippen LogP contribution >= 0.6 is 0 Å². The van der Waals surface area contributed by atoms with Crippen molar-refractivity contribution in [3.63, 3.8) is 0 Å². The first kappa shape index (κ1) is 11.2. The van der Waals surface area contributed by atoms with Gasteiger partial charge in [-0.05, 0) is 49.2 Å². The average Bonchev–Trinajstić information content (AvgIpc) is 2.28. The van der Waals surface area contributed by atoms with Gasteiger partial charge in [0.1, 0.15) is 6.07 Å². The van der Waals surface area contributed by atoms with Gasteiger partial charge >= 0.3 is 0 Å². The molecule has 0 aliphatic heterocycles. The second-order valence-corrected chi connectivity index (χ2v) is 4.16. The van der Waals surface area contributed by atoms with Gasteiger partial charge in [-0.25, -0.2) is 0 Å². The van der Waals surface area contributed by atoms with Gasteiger partial charge in [0.25, 0.3) is 0 Å². The van der Waals surface area contributed by atoms with E-state index in [4.69, 9.17) is 5.26 Å². The quantitative estimate of drug-likeness (QED) is 0.836. The van der Waals surface area contributed by atoms with Crippen molar-refractivity contribution in [2.75, 3.05) is 5.32 Å². The summed E-state index contributed by atoms with van der Waals surface area (Å²) in [5, 5.41) is 12.3. The van der Waals surface area contributed by atoms with Crippen LogP contribution in [0.3, 0.4) is 0 Å². The maximum atomic E-state index is 9.02. The zero-order valence-electron chi connectivity index (χ0n) is 9.99. The number of aryl methyl sites for hydroxylation is 2. The minimum atomic E-state index is 0.659. The van der Waals surface area contributed by atoms with Crippen LogP contribution in [0.5, 0.6) is 0 Å². The molecule has 0 radical (unpaired) electrons. The van der Waals surface area contributed by atoms with Gasteiger partial charge in [-0.2, -0.15) is 5.26 Å². The SMILES string of the molecule is Cc1cc(C)cc(Nc2ccccc2C#N)c1. The maximum absolute atomic E-state index is 9.02. The minimum Gasteiger partial charge on any atom is -0.354 e. The van der Waals surface area contributed by atoms with Crippen molar-refractivity contribution < 1.29 is 0 Å². The smallest absolute Gasteiger partial charge is 0.101 e. The first-order valence-corrected chi connectivity index (χ1v) is 5.53. The zero-order chi connectivity index (χ0) is 12.3. The Hall–Kier alpha value is -2.27. The lowest BCUT2D eigenvalue weighted by atomic mass is 10.1. The average molecular weight is 222 g/mol. The third-order valence-corrected chi connectivity index (χ3v) is 2.55. The number of para-hydroxylation sites is 1. The molecule has 0 spiro atoms. The number of nitriles is 1. The first-order valence-electron chi connectivity index (χ1n) is 5.53. The van der Waals surface area contributed by atoms with Crippen LogP contribution in [-0.4, -0.2) is 0 Å². The maximum Gasteiger partial charge on any atom is 0.101 e. The molecule has 2 rings (SSSR count). The number of nitrogens with one attached hydrogen (secondary N) is 1. The van der Waals surface area contributed by atoms with Gasteiger partial charge in [-0.3, -0.25) is 0 Å². The summed E-state index contributed by atoms with van der Waals surface area (Å²) in [7, 11) is 0. The number of benzene rings is 2. The molecule has 0 aromatic heterocycles. The van der Waals surface area contributed by atoms with E-state index in [2.05, 4.69) is 43.4 Å². The largest absolute Gasteiger partial charge is 0.354 e. The molecule has 0 unspecified atom stereocenters. The van der Waals surface area contributed by atoms with Crippen LogP contribution in [0.2, 0.25) is 0 Å². The predicted octanol–water partition coefficient (Wildman–Crippen LogP) is 3.92. The fourth-order valence-corrected chi connectivity index (χ4v) is 1.89. The molecule has 0 amide bonds. The molecule has 0 aliphatic carbocycles. The third-order valence-electron chi connectivity index (χ3n) is 2.55. The Morgan fingerprint density at radius 1 is 1.00 bits per heavy atom. The fourth-order valence-electron chi connectivity index (χ4n) is 1.89. The number of nitrogens with zero attached hydrogens (tertiary/aromatic N) is 1. The summed E-state index contributed by atoms with van der Waals surface area (Å²) in [5.41, 5.74) is 4.95. The Bertz CT molecular complexity index is 559. The van der Waals surface area contributed by atoms with Gasteiger partial charge in [-0.15, -0.1) is 0 Å². The summed E-state index contributed by atoms with van der Waals surface area (Å²) in [5.74, 6) is 0. The molecule has 2 aromatic carbocycles. The number of anilines is 2. The van der Waals surface area contributed by atoms with E-state index in [1.165, 1.54) is 11.1 Å². The molecular formula is C15H14N2. The Morgan fingerprint density at radius 2 is 1.65 bits per heavy atom. The lowest BCUT2D eigenvalue weighted by Gasteiger charge is -2.09. The topological polar surface area (TPSA) is 35.8 Å². The Labute approximate surface area is 102 Å². The summed E-state index contributed by atoms with van der Waals surface area (Å²) >= 11 is 0. The van der Waals surface area contributed by atoms with Crippen LogP contribution in [0.4, 0.5) is 11.4 Å². The summed E-state index contributed by atoms with van der Waals surface area (Å²) in [6.07, 6.45) is 0.